The first kappa shape index (κ1) is 28.2. The molecule has 0 spiro atoms. The van der Waals surface area contributed by atoms with Gasteiger partial charge in [-0.15, -0.1) is 0 Å². The van der Waals surface area contributed by atoms with Crippen molar-refractivity contribution in [2.45, 2.75) is 123 Å². The third-order valence-electron chi connectivity index (χ3n) is 5.78. The highest BCUT2D eigenvalue weighted by atomic mass is 16.7. The molecule has 0 fully saturated rings. The largest absolute Gasteiger partial charge is 0.481 e. The van der Waals surface area contributed by atoms with Crippen LogP contribution in [0, 0.1) is 0 Å². The van der Waals surface area contributed by atoms with E-state index in [-0.39, 0.29) is 6.42 Å². The molecule has 1 rings (SSSR count). The van der Waals surface area contributed by atoms with Crippen LogP contribution in [0.25, 0.3) is 0 Å². The van der Waals surface area contributed by atoms with E-state index in [0.717, 1.165) is 18.4 Å². The maximum Gasteiger partial charge on any atom is 0.305 e. The number of carboxylic acids is 1. The second-order valence-corrected chi connectivity index (χ2v) is 8.81. The van der Waals surface area contributed by atoms with Crippen molar-refractivity contribution in [3.63, 3.8) is 0 Å². The third kappa shape index (κ3) is 14.2. The molecule has 1 aromatic rings. The first-order chi connectivity index (χ1) is 15.5. The Hall–Kier alpha value is -1.88. The highest BCUT2D eigenvalue weighted by Crippen LogP contribution is 2.30. The standard InChI is InChI=1S/C27H44O5/c1-3-4-5-6-7-8-9-10-11-12-16-21-27(32-24(2)28,22-17-20-26(29)30)31-23-25-18-14-13-15-19-25/h13-15,18-19H,3-12,16-17,20-23H2,1-2H3,(H,29,30). The fourth-order valence-electron chi connectivity index (χ4n) is 4.02. The van der Waals surface area contributed by atoms with Gasteiger partial charge in [0.15, 0.2) is 0 Å². The number of aliphatic carboxylic acids is 1. The van der Waals surface area contributed by atoms with Crippen LogP contribution in [0.5, 0.6) is 0 Å². The molecule has 0 bridgehead atoms. The summed E-state index contributed by atoms with van der Waals surface area (Å²) in [4.78, 5) is 22.8. The van der Waals surface area contributed by atoms with Crippen LogP contribution in [0.1, 0.15) is 116 Å². The number of hydrogen-bond acceptors (Lipinski definition) is 4. The summed E-state index contributed by atoms with van der Waals surface area (Å²) in [5.41, 5.74) is 1.00. The number of benzene rings is 1. The zero-order valence-electron chi connectivity index (χ0n) is 20.3. The van der Waals surface area contributed by atoms with E-state index in [2.05, 4.69) is 6.92 Å². The Bertz CT molecular complexity index is 616. The third-order valence-corrected chi connectivity index (χ3v) is 5.78. The number of rotatable bonds is 20. The van der Waals surface area contributed by atoms with E-state index >= 15 is 0 Å². The van der Waals surface area contributed by atoms with Gasteiger partial charge in [-0.25, -0.2) is 0 Å². The second-order valence-electron chi connectivity index (χ2n) is 8.81. The number of esters is 1. The van der Waals surface area contributed by atoms with Crippen molar-refractivity contribution in [2.24, 2.45) is 0 Å². The van der Waals surface area contributed by atoms with Crippen molar-refractivity contribution in [2.75, 3.05) is 0 Å². The van der Waals surface area contributed by atoms with E-state index in [1.807, 2.05) is 30.3 Å². The number of carboxylic acid groups (broad SMARTS) is 1. The van der Waals surface area contributed by atoms with Crippen molar-refractivity contribution in [3.05, 3.63) is 35.9 Å². The fraction of sp³-hybridized carbons (Fsp3) is 0.704. The smallest absolute Gasteiger partial charge is 0.305 e. The summed E-state index contributed by atoms with van der Waals surface area (Å²) >= 11 is 0. The minimum absolute atomic E-state index is 0.0377. The van der Waals surface area contributed by atoms with E-state index < -0.39 is 17.7 Å². The molecule has 1 N–H and O–H groups in total. The Kier molecular flexibility index (Phi) is 15.5. The molecule has 0 radical (unpaired) electrons. The van der Waals surface area contributed by atoms with Gasteiger partial charge in [-0.3, -0.25) is 9.59 Å². The van der Waals surface area contributed by atoms with E-state index in [9.17, 15) is 9.59 Å². The van der Waals surface area contributed by atoms with Crippen molar-refractivity contribution in [1.29, 1.82) is 0 Å². The summed E-state index contributed by atoms with van der Waals surface area (Å²) in [6.45, 7) is 3.96. The molecule has 0 aliphatic carbocycles. The lowest BCUT2D eigenvalue weighted by atomic mass is 9.99. The Balaban J connectivity index is 2.49. The van der Waals surface area contributed by atoms with Crippen LogP contribution in [0.4, 0.5) is 0 Å². The molecule has 0 aromatic heterocycles. The van der Waals surface area contributed by atoms with Gasteiger partial charge in [0.1, 0.15) is 0 Å². The lowest BCUT2D eigenvalue weighted by Gasteiger charge is -2.33. The van der Waals surface area contributed by atoms with E-state index in [1.165, 1.54) is 64.7 Å². The number of unbranched alkanes of at least 4 members (excludes halogenated alkanes) is 10. The Morgan fingerprint density at radius 1 is 0.812 bits per heavy atom. The van der Waals surface area contributed by atoms with E-state index in [0.29, 0.717) is 25.9 Å². The van der Waals surface area contributed by atoms with Gasteiger partial charge in [0, 0.05) is 26.2 Å². The Morgan fingerprint density at radius 3 is 1.88 bits per heavy atom. The molecule has 1 unspecified atom stereocenters. The number of carbonyl (C=O) groups is 2. The van der Waals surface area contributed by atoms with Crippen LogP contribution in [-0.2, 0) is 25.7 Å². The molecule has 1 atom stereocenters. The predicted molar refractivity (Wildman–Crippen MR) is 128 cm³/mol. The maximum absolute atomic E-state index is 11.9. The number of carbonyl (C=O) groups excluding carboxylic acids is 1. The van der Waals surface area contributed by atoms with Crippen LogP contribution in [0.15, 0.2) is 30.3 Å². The molecule has 0 aliphatic rings. The average Bonchev–Trinajstić information content (AvgIpc) is 2.76. The molecule has 5 nitrogen and oxygen atoms in total. The topological polar surface area (TPSA) is 72.8 Å². The van der Waals surface area contributed by atoms with Gasteiger partial charge < -0.3 is 14.6 Å². The van der Waals surface area contributed by atoms with Crippen molar-refractivity contribution >= 4 is 11.9 Å². The van der Waals surface area contributed by atoms with Crippen molar-refractivity contribution in [3.8, 4) is 0 Å². The summed E-state index contributed by atoms with van der Waals surface area (Å²) in [6.07, 6.45) is 15.1. The summed E-state index contributed by atoms with van der Waals surface area (Å²) < 4.78 is 11.8. The predicted octanol–water partition coefficient (Wildman–Crippen LogP) is 7.42. The molecule has 32 heavy (non-hydrogen) atoms. The minimum atomic E-state index is -1.06. The average molecular weight is 449 g/mol. The van der Waals surface area contributed by atoms with Gasteiger partial charge in [0.2, 0.25) is 5.79 Å². The molecular weight excluding hydrogens is 404 g/mol. The number of hydrogen-bond donors (Lipinski definition) is 1. The molecule has 5 heteroatoms. The Labute approximate surface area is 194 Å². The molecule has 0 saturated heterocycles. The highest BCUT2D eigenvalue weighted by Gasteiger charge is 2.34. The first-order valence-electron chi connectivity index (χ1n) is 12.6. The molecule has 0 aliphatic heterocycles. The van der Waals surface area contributed by atoms with Crippen molar-refractivity contribution < 1.29 is 24.2 Å². The maximum atomic E-state index is 11.9. The second kappa shape index (κ2) is 17.6. The summed E-state index contributed by atoms with van der Waals surface area (Å²) in [5.74, 6) is -2.30. The van der Waals surface area contributed by atoms with Crippen LogP contribution < -0.4 is 0 Å². The van der Waals surface area contributed by atoms with E-state index in [1.54, 1.807) is 0 Å². The summed E-state index contributed by atoms with van der Waals surface area (Å²) in [6, 6.07) is 9.78. The fourth-order valence-corrected chi connectivity index (χ4v) is 4.02. The van der Waals surface area contributed by atoms with E-state index in [4.69, 9.17) is 14.6 Å². The number of ether oxygens (including phenoxy) is 2. The van der Waals surface area contributed by atoms with Crippen LogP contribution in [-0.4, -0.2) is 22.8 Å². The Morgan fingerprint density at radius 2 is 1.34 bits per heavy atom. The zero-order valence-corrected chi connectivity index (χ0v) is 20.3. The van der Waals surface area contributed by atoms with Crippen molar-refractivity contribution in [1.82, 2.24) is 0 Å². The van der Waals surface area contributed by atoms with Crippen LogP contribution in [0.3, 0.4) is 0 Å². The molecule has 0 amide bonds. The summed E-state index contributed by atoms with van der Waals surface area (Å²) in [5, 5.41) is 9.03. The molecule has 0 saturated carbocycles. The van der Waals surface area contributed by atoms with Gasteiger partial charge in [-0.05, 0) is 18.4 Å². The van der Waals surface area contributed by atoms with Gasteiger partial charge in [0.25, 0.3) is 0 Å². The normalized spacial score (nSPS) is 12.9. The van der Waals surface area contributed by atoms with Gasteiger partial charge in [-0.1, -0.05) is 101 Å². The monoisotopic (exact) mass is 448 g/mol. The lowest BCUT2D eigenvalue weighted by Crippen LogP contribution is -2.38. The molecule has 1 aromatic carbocycles. The zero-order chi connectivity index (χ0) is 23.5. The van der Waals surface area contributed by atoms with Gasteiger partial charge >= 0.3 is 11.9 Å². The first-order valence-corrected chi connectivity index (χ1v) is 12.6. The summed E-state index contributed by atoms with van der Waals surface area (Å²) in [7, 11) is 0. The lowest BCUT2D eigenvalue weighted by molar-refractivity contribution is -0.243. The van der Waals surface area contributed by atoms with Crippen LogP contribution in [0.2, 0.25) is 0 Å². The van der Waals surface area contributed by atoms with Crippen LogP contribution >= 0.6 is 0 Å². The SMILES string of the molecule is CCCCCCCCCCCCCC(CCCC(=O)O)(OCc1ccccc1)OC(C)=O. The molecule has 0 heterocycles. The highest BCUT2D eigenvalue weighted by molar-refractivity contribution is 5.67. The molecular formula is C27H44O5. The van der Waals surface area contributed by atoms with Gasteiger partial charge in [0.05, 0.1) is 6.61 Å². The molecule has 182 valence electrons. The quantitative estimate of drug-likeness (QED) is 0.128. The minimum Gasteiger partial charge on any atom is -0.481 e. The van der Waals surface area contributed by atoms with Gasteiger partial charge in [-0.2, -0.15) is 0 Å².